The van der Waals surface area contributed by atoms with Crippen LogP contribution < -0.4 is 0 Å². The van der Waals surface area contributed by atoms with Gasteiger partial charge in [-0.05, 0) is 26.0 Å². The van der Waals surface area contributed by atoms with Crippen molar-refractivity contribution in [2.75, 3.05) is 0 Å². The van der Waals surface area contributed by atoms with Gasteiger partial charge in [-0.3, -0.25) is 0 Å². The van der Waals surface area contributed by atoms with E-state index in [1.807, 2.05) is 26.8 Å². The van der Waals surface area contributed by atoms with E-state index in [1.54, 1.807) is 6.07 Å². The topological polar surface area (TPSA) is 28.7 Å². The van der Waals surface area contributed by atoms with E-state index < -0.39 is 0 Å². The van der Waals surface area contributed by atoms with Crippen LogP contribution in [0.25, 0.3) is 11.3 Å². The third-order valence-corrected chi connectivity index (χ3v) is 3.33. The fourth-order valence-electron chi connectivity index (χ4n) is 1.85. The fourth-order valence-corrected chi connectivity index (χ4v) is 2.06. The van der Waals surface area contributed by atoms with Gasteiger partial charge in [-0.25, -0.2) is 9.37 Å². The summed E-state index contributed by atoms with van der Waals surface area (Å²) in [6.07, 6.45) is 0.740. The SMILES string of the molecule is CCc1nc(=S)c(C)c(-c2cc(C)ccc2F)[nH]1. The van der Waals surface area contributed by atoms with Crippen molar-refractivity contribution >= 4 is 12.2 Å². The van der Waals surface area contributed by atoms with Gasteiger partial charge < -0.3 is 4.98 Å². The number of nitrogens with zero attached hydrogens (tertiary/aromatic N) is 1. The zero-order chi connectivity index (χ0) is 13.3. The molecule has 18 heavy (non-hydrogen) atoms. The van der Waals surface area contributed by atoms with Crippen molar-refractivity contribution in [3.05, 3.63) is 45.6 Å². The highest BCUT2D eigenvalue weighted by molar-refractivity contribution is 7.71. The van der Waals surface area contributed by atoms with Gasteiger partial charge >= 0.3 is 0 Å². The predicted molar refractivity (Wildman–Crippen MR) is 73.7 cm³/mol. The number of benzene rings is 1. The summed E-state index contributed by atoms with van der Waals surface area (Å²) in [7, 11) is 0. The molecular weight excluding hydrogens is 247 g/mol. The average molecular weight is 262 g/mol. The zero-order valence-corrected chi connectivity index (χ0v) is 11.5. The summed E-state index contributed by atoms with van der Waals surface area (Å²) < 4.78 is 14.5. The third kappa shape index (κ3) is 2.34. The first kappa shape index (κ1) is 12.9. The molecule has 1 aromatic carbocycles. The second kappa shape index (κ2) is 4.98. The summed E-state index contributed by atoms with van der Waals surface area (Å²) in [5, 5.41) is 0. The number of hydrogen-bond acceptors (Lipinski definition) is 2. The van der Waals surface area contributed by atoms with Crippen molar-refractivity contribution in [1.82, 2.24) is 9.97 Å². The Hall–Kier alpha value is -1.55. The monoisotopic (exact) mass is 262 g/mol. The molecule has 4 heteroatoms. The van der Waals surface area contributed by atoms with E-state index >= 15 is 0 Å². The summed E-state index contributed by atoms with van der Waals surface area (Å²) in [4.78, 5) is 7.44. The van der Waals surface area contributed by atoms with Crippen LogP contribution in [-0.4, -0.2) is 9.97 Å². The Morgan fingerprint density at radius 3 is 2.72 bits per heavy atom. The van der Waals surface area contributed by atoms with Crippen molar-refractivity contribution in [1.29, 1.82) is 0 Å². The highest BCUT2D eigenvalue weighted by Gasteiger charge is 2.11. The normalized spacial score (nSPS) is 10.7. The molecule has 1 aromatic heterocycles. The van der Waals surface area contributed by atoms with Gasteiger partial charge in [0.05, 0.1) is 5.69 Å². The van der Waals surface area contributed by atoms with Crippen LogP contribution in [0.15, 0.2) is 18.2 Å². The number of rotatable bonds is 2. The van der Waals surface area contributed by atoms with E-state index in [9.17, 15) is 4.39 Å². The minimum Gasteiger partial charge on any atom is -0.343 e. The fraction of sp³-hybridized carbons (Fsp3) is 0.286. The smallest absolute Gasteiger partial charge is 0.133 e. The van der Waals surface area contributed by atoms with Crippen LogP contribution in [0.4, 0.5) is 4.39 Å². The Bertz CT molecular complexity index is 647. The summed E-state index contributed by atoms with van der Waals surface area (Å²) in [6, 6.07) is 5.06. The number of nitrogens with one attached hydrogen (secondary N) is 1. The van der Waals surface area contributed by atoms with Gasteiger partial charge in [0.1, 0.15) is 16.3 Å². The largest absolute Gasteiger partial charge is 0.343 e. The highest BCUT2D eigenvalue weighted by Crippen LogP contribution is 2.25. The Morgan fingerprint density at radius 2 is 2.06 bits per heavy atom. The molecule has 1 N–H and O–H groups in total. The van der Waals surface area contributed by atoms with Crippen LogP contribution in [0.2, 0.25) is 0 Å². The van der Waals surface area contributed by atoms with Gasteiger partial charge in [0, 0.05) is 17.5 Å². The first-order valence-electron chi connectivity index (χ1n) is 5.89. The Morgan fingerprint density at radius 1 is 1.33 bits per heavy atom. The number of halogens is 1. The lowest BCUT2D eigenvalue weighted by atomic mass is 10.0. The molecule has 0 bridgehead atoms. The van der Waals surface area contributed by atoms with Gasteiger partial charge in [-0.2, -0.15) is 0 Å². The molecule has 0 aliphatic carbocycles. The predicted octanol–water partition coefficient (Wildman–Crippen LogP) is 4.12. The van der Waals surface area contributed by atoms with Crippen molar-refractivity contribution in [3.63, 3.8) is 0 Å². The van der Waals surface area contributed by atoms with E-state index in [0.29, 0.717) is 10.2 Å². The molecule has 0 spiro atoms. The molecule has 94 valence electrons. The molecule has 0 saturated heterocycles. The number of aromatic nitrogens is 2. The summed E-state index contributed by atoms with van der Waals surface area (Å²) in [5.41, 5.74) is 3.11. The molecule has 2 nitrogen and oxygen atoms in total. The molecular formula is C14H15FN2S. The molecule has 0 atom stereocenters. The van der Waals surface area contributed by atoms with Crippen LogP contribution in [-0.2, 0) is 6.42 Å². The molecule has 0 radical (unpaired) electrons. The number of hydrogen-bond donors (Lipinski definition) is 1. The lowest BCUT2D eigenvalue weighted by Gasteiger charge is -2.10. The quantitative estimate of drug-likeness (QED) is 0.825. The number of aromatic amines is 1. The van der Waals surface area contributed by atoms with E-state index in [0.717, 1.165) is 29.1 Å². The molecule has 0 unspecified atom stereocenters. The van der Waals surface area contributed by atoms with Gasteiger partial charge in [0.15, 0.2) is 0 Å². The lowest BCUT2D eigenvalue weighted by molar-refractivity contribution is 0.630. The second-order valence-electron chi connectivity index (χ2n) is 4.33. The van der Waals surface area contributed by atoms with Gasteiger partial charge in [0.25, 0.3) is 0 Å². The van der Waals surface area contributed by atoms with Gasteiger partial charge in [-0.1, -0.05) is 30.8 Å². The van der Waals surface area contributed by atoms with Crippen LogP contribution in [0.5, 0.6) is 0 Å². The molecule has 0 aliphatic rings. The molecule has 1 heterocycles. The first-order valence-corrected chi connectivity index (χ1v) is 6.30. The average Bonchev–Trinajstić information content (AvgIpc) is 2.35. The zero-order valence-electron chi connectivity index (χ0n) is 10.7. The van der Waals surface area contributed by atoms with Crippen LogP contribution in [0.3, 0.4) is 0 Å². The number of H-pyrrole nitrogens is 1. The molecule has 2 aromatic rings. The van der Waals surface area contributed by atoms with E-state index in [4.69, 9.17) is 12.2 Å². The third-order valence-electron chi connectivity index (χ3n) is 2.93. The van der Waals surface area contributed by atoms with E-state index in [1.165, 1.54) is 6.07 Å². The minimum atomic E-state index is -0.248. The van der Waals surface area contributed by atoms with E-state index in [2.05, 4.69) is 9.97 Å². The summed E-state index contributed by atoms with van der Waals surface area (Å²) in [6.45, 7) is 5.79. The molecule has 0 saturated carbocycles. The standard InChI is InChI=1S/C14H15FN2S/c1-4-12-16-13(9(3)14(18)17-12)10-7-8(2)5-6-11(10)15/h5-7H,4H2,1-3H3,(H,16,17,18). The molecule has 2 rings (SSSR count). The second-order valence-corrected chi connectivity index (χ2v) is 4.71. The molecule has 0 fully saturated rings. The van der Waals surface area contributed by atoms with Crippen LogP contribution in [0.1, 0.15) is 23.9 Å². The Kier molecular flexibility index (Phi) is 3.57. The highest BCUT2D eigenvalue weighted by atomic mass is 32.1. The van der Waals surface area contributed by atoms with Crippen molar-refractivity contribution in [2.24, 2.45) is 0 Å². The Labute approximate surface area is 111 Å². The van der Waals surface area contributed by atoms with Crippen LogP contribution in [0, 0.1) is 24.3 Å². The lowest BCUT2D eigenvalue weighted by Crippen LogP contribution is -2.00. The van der Waals surface area contributed by atoms with E-state index in [-0.39, 0.29) is 5.82 Å². The summed E-state index contributed by atoms with van der Waals surface area (Å²) in [5.74, 6) is 0.532. The minimum absolute atomic E-state index is 0.248. The first-order chi connectivity index (χ1) is 8.52. The molecule has 0 amide bonds. The number of aryl methyl sites for hydroxylation is 2. The maximum atomic E-state index is 13.9. The maximum Gasteiger partial charge on any atom is 0.133 e. The summed E-state index contributed by atoms with van der Waals surface area (Å²) >= 11 is 5.22. The van der Waals surface area contributed by atoms with Crippen molar-refractivity contribution in [3.8, 4) is 11.3 Å². The maximum absolute atomic E-state index is 13.9. The van der Waals surface area contributed by atoms with Gasteiger partial charge in [-0.15, -0.1) is 0 Å². The van der Waals surface area contributed by atoms with Crippen molar-refractivity contribution in [2.45, 2.75) is 27.2 Å². The molecule has 0 aliphatic heterocycles. The van der Waals surface area contributed by atoms with Gasteiger partial charge in [0.2, 0.25) is 0 Å². The Balaban J connectivity index is 2.74. The van der Waals surface area contributed by atoms with Crippen molar-refractivity contribution < 1.29 is 4.39 Å². The van der Waals surface area contributed by atoms with Crippen LogP contribution >= 0.6 is 12.2 Å².